The third kappa shape index (κ3) is 5.56. The number of imidazole rings is 1. The molecule has 3 aliphatic rings. The molecule has 11 heteroatoms. The lowest BCUT2D eigenvalue weighted by Gasteiger charge is -2.37. The maximum Gasteiger partial charge on any atom is 0.277 e. The first kappa shape index (κ1) is 28.4. The Bertz CT molecular complexity index is 1540. The molecule has 0 unspecified atom stereocenters. The highest BCUT2D eigenvalue weighted by atomic mass is 32.2. The topological polar surface area (TPSA) is 113 Å². The van der Waals surface area contributed by atoms with Crippen molar-refractivity contribution in [1.82, 2.24) is 28.8 Å². The van der Waals surface area contributed by atoms with Crippen LogP contribution >= 0.6 is 0 Å². The number of nitrogens with one attached hydrogen (secondary N) is 1. The van der Waals surface area contributed by atoms with Gasteiger partial charge in [-0.1, -0.05) is 38.5 Å². The van der Waals surface area contributed by atoms with Gasteiger partial charge in [0, 0.05) is 38.1 Å². The smallest absolute Gasteiger partial charge is 0.277 e. The highest BCUT2D eigenvalue weighted by Gasteiger charge is 2.33. The van der Waals surface area contributed by atoms with Gasteiger partial charge in [-0.3, -0.25) is 9.69 Å². The van der Waals surface area contributed by atoms with Crippen LogP contribution in [0.3, 0.4) is 0 Å². The van der Waals surface area contributed by atoms with E-state index in [4.69, 9.17) is 14.8 Å². The lowest BCUT2D eigenvalue weighted by atomic mass is 10.00. The zero-order valence-corrected chi connectivity index (χ0v) is 25.1. The Labute approximate surface area is 242 Å². The first-order valence-electron chi connectivity index (χ1n) is 15.4. The first-order chi connectivity index (χ1) is 19.9. The van der Waals surface area contributed by atoms with Gasteiger partial charge in [0.15, 0.2) is 11.3 Å². The number of aromatic nitrogens is 4. The zero-order valence-electron chi connectivity index (χ0n) is 24.3. The second kappa shape index (κ2) is 11.9. The predicted molar refractivity (Wildman–Crippen MR) is 158 cm³/mol. The number of hydrogen-bond donors (Lipinski definition) is 1. The van der Waals surface area contributed by atoms with Crippen molar-refractivity contribution in [2.45, 2.75) is 94.9 Å². The number of aryl methyl sites for hydroxylation is 1. The second-order valence-corrected chi connectivity index (χ2v) is 13.7. The molecule has 6 rings (SSSR count). The van der Waals surface area contributed by atoms with Crippen LogP contribution in [-0.2, 0) is 10.0 Å². The molecule has 41 heavy (non-hydrogen) atoms. The quantitative estimate of drug-likeness (QED) is 0.409. The number of hydrogen-bond acceptors (Lipinski definition) is 7. The number of nitrogens with zero attached hydrogens (tertiary/aromatic N) is 5. The Morgan fingerprint density at radius 1 is 0.976 bits per heavy atom. The number of benzene rings is 1. The molecule has 2 saturated carbocycles. The largest absolute Gasteiger partial charge is 0.493 e. The molecule has 1 N–H and O–H groups in total. The normalized spacial score (nSPS) is 20.5. The minimum Gasteiger partial charge on any atom is -0.493 e. The molecule has 1 saturated heterocycles. The van der Waals surface area contributed by atoms with Gasteiger partial charge in [0.2, 0.25) is 10.0 Å². The summed E-state index contributed by atoms with van der Waals surface area (Å²) in [5, 5.41) is 4.87. The molecule has 0 bridgehead atoms. The Morgan fingerprint density at radius 3 is 2.34 bits per heavy atom. The number of piperazine rings is 1. The van der Waals surface area contributed by atoms with Gasteiger partial charge in [-0.15, -0.1) is 5.10 Å². The molecular weight excluding hydrogens is 540 g/mol. The lowest BCUT2D eigenvalue weighted by Crippen LogP contribution is -2.51. The van der Waals surface area contributed by atoms with Gasteiger partial charge < -0.3 is 9.72 Å². The Morgan fingerprint density at radius 2 is 1.66 bits per heavy atom. The average molecular weight is 583 g/mol. The van der Waals surface area contributed by atoms with Crippen LogP contribution in [0.2, 0.25) is 0 Å². The fourth-order valence-corrected chi connectivity index (χ4v) is 8.43. The van der Waals surface area contributed by atoms with E-state index in [2.05, 4.69) is 9.88 Å². The van der Waals surface area contributed by atoms with Crippen molar-refractivity contribution in [3.05, 3.63) is 40.1 Å². The summed E-state index contributed by atoms with van der Waals surface area (Å²) in [6, 6.07) is 5.46. The van der Waals surface area contributed by atoms with Crippen LogP contribution in [0.5, 0.6) is 5.75 Å². The number of ether oxygens (including phenoxy) is 1. The maximum absolute atomic E-state index is 13.8. The molecule has 0 atom stereocenters. The van der Waals surface area contributed by atoms with Crippen molar-refractivity contribution in [2.24, 2.45) is 0 Å². The van der Waals surface area contributed by atoms with Crippen LogP contribution in [0.1, 0.15) is 88.6 Å². The second-order valence-electron chi connectivity index (χ2n) is 11.8. The van der Waals surface area contributed by atoms with Crippen LogP contribution in [0.25, 0.3) is 16.9 Å². The molecule has 0 amide bonds. The molecule has 222 valence electrons. The van der Waals surface area contributed by atoms with E-state index in [-0.39, 0.29) is 22.2 Å². The molecule has 2 aliphatic carbocycles. The molecule has 2 aromatic heterocycles. The van der Waals surface area contributed by atoms with Gasteiger partial charge in [-0.25, -0.2) is 17.9 Å². The van der Waals surface area contributed by atoms with E-state index in [1.54, 1.807) is 27.0 Å². The van der Waals surface area contributed by atoms with E-state index in [0.717, 1.165) is 44.6 Å². The summed E-state index contributed by atoms with van der Waals surface area (Å²) in [5.41, 5.74) is 1.26. The number of aromatic amines is 1. The van der Waals surface area contributed by atoms with E-state index in [1.807, 2.05) is 13.8 Å². The fraction of sp³-hybridized carbons (Fsp3) is 0.633. The number of H-pyrrole nitrogens is 1. The van der Waals surface area contributed by atoms with Crippen LogP contribution in [-0.4, -0.2) is 76.0 Å². The van der Waals surface area contributed by atoms with E-state index in [1.165, 1.54) is 38.5 Å². The van der Waals surface area contributed by atoms with E-state index >= 15 is 0 Å². The summed E-state index contributed by atoms with van der Waals surface area (Å²) >= 11 is 0. The van der Waals surface area contributed by atoms with Crippen LogP contribution in [0.4, 0.5) is 0 Å². The van der Waals surface area contributed by atoms with Crippen molar-refractivity contribution < 1.29 is 13.2 Å². The molecule has 0 spiro atoms. The third-order valence-corrected chi connectivity index (χ3v) is 11.1. The standard InChI is InChI=1S/C30H42N6O4S/c1-3-40-26-15-14-24(41(38,39)35-18-16-34(17-19-35)23-12-8-9-13-23)20-25(26)28-32-30(37)27-21(2)31-29(36(27)33-28)22-10-6-4-5-7-11-22/h14-15,20,22-23H,3-13,16-19H2,1-2H3,(H,32,33,37). The summed E-state index contributed by atoms with van der Waals surface area (Å²) in [5.74, 6) is 1.81. The van der Waals surface area contributed by atoms with Crippen molar-refractivity contribution in [3.63, 3.8) is 0 Å². The van der Waals surface area contributed by atoms with Crippen LogP contribution in [0.15, 0.2) is 27.9 Å². The summed E-state index contributed by atoms with van der Waals surface area (Å²) < 4.78 is 36.8. The molecule has 3 aromatic rings. The van der Waals surface area contributed by atoms with Gasteiger partial charge in [0.1, 0.15) is 11.6 Å². The molecule has 3 fully saturated rings. The molecule has 0 radical (unpaired) electrons. The molecule has 1 aromatic carbocycles. The number of fused-ring (bicyclic) bond motifs is 1. The van der Waals surface area contributed by atoms with Crippen molar-refractivity contribution in [2.75, 3.05) is 32.8 Å². The Hall–Kier alpha value is -2.76. The summed E-state index contributed by atoms with van der Waals surface area (Å²) in [7, 11) is -3.74. The highest BCUT2D eigenvalue weighted by Crippen LogP contribution is 2.34. The fourth-order valence-electron chi connectivity index (χ4n) is 6.98. The molecular formula is C30H42N6O4S. The summed E-state index contributed by atoms with van der Waals surface area (Å²) in [6.45, 7) is 6.57. The monoisotopic (exact) mass is 582 g/mol. The average Bonchev–Trinajstić information content (AvgIpc) is 3.54. The first-order valence-corrected chi connectivity index (χ1v) is 16.8. The SMILES string of the molecule is CCOc1ccc(S(=O)(=O)N2CCN(C3CCCC3)CC2)cc1-c1nn2c(C3CCCCCC3)nc(C)c2c(=O)[nH]1. The van der Waals surface area contributed by atoms with E-state index in [9.17, 15) is 13.2 Å². The molecule has 3 heterocycles. The Balaban J connectivity index is 1.36. The number of rotatable bonds is 7. The summed E-state index contributed by atoms with van der Waals surface area (Å²) in [4.78, 5) is 23.7. The van der Waals surface area contributed by atoms with E-state index in [0.29, 0.717) is 48.3 Å². The zero-order chi connectivity index (χ0) is 28.6. The minimum atomic E-state index is -3.74. The predicted octanol–water partition coefficient (Wildman–Crippen LogP) is 4.48. The van der Waals surface area contributed by atoms with Crippen molar-refractivity contribution >= 4 is 15.5 Å². The Kier molecular flexibility index (Phi) is 8.20. The lowest BCUT2D eigenvalue weighted by molar-refractivity contribution is 0.139. The van der Waals surface area contributed by atoms with Gasteiger partial charge in [-0.05, 0) is 57.7 Å². The van der Waals surface area contributed by atoms with E-state index < -0.39 is 10.0 Å². The van der Waals surface area contributed by atoms with Gasteiger partial charge in [0.05, 0.1) is 22.8 Å². The van der Waals surface area contributed by atoms with Gasteiger partial charge in [-0.2, -0.15) is 4.31 Å². The van der Waals surface area contributed by atoms with Crippen molar-refractivity contribution in [3.8, 4) is 17.1 Å². The maximum atomic E-state index is 13.8. The molecule has 1 aliphatic heterocycles. The minimum absolute atomic E-state index is 0.179. The summed E-state index contributed by atoms with van der Waals surface area (Å²) in [6.07, 6.45) is 11.7. The van der Waals surface area contributed by atoms with Crippen molar-refractivity contribution in [1.29, 1.82) is 0 Å². The van der Waals surface area contributed by atoms with Crippen LogP contribution < -0.4 is 10.3 Å². The number of sulfonamides is 1. The third-order valence-electron chi connectivity index (χ3n) is 9.18. The molecule has 10 nitrogen and oxygen atoms in total. The van der Waals surface area contributed by atoms with Gasteiger partial charge in [0.25, 0.3) is 5.56 Å². The van der Waals surface area contributed by atoms with Crippen LogP contribution in [0, 0.1) is 6.92 Å². The van der Waals surface area contributed by atoms with Gasteiger partial charge >= 0.3 is 0 Å². The highest BCUT2D eigenvalue weighted by molar-refractivity contribution is 7.89.